The van der Waals surface area contributed by atoms with Crippen molar-refractivity contribution in [2.45, 2.75) is 4.90 Å². The van der Waals surface area contributed by atoms with Gasteiger partial charge in [0, 0.05) is 32.7 Å². The lowest BCUT2D eigenvalue weighted by Crippen LogP contribution is -2.48. The Kier molecular flexibility index (Phi) is 5.80. The second-order valence-electron chi connectivity index (χ2n) is 6.09. The third-order valence-electron chi connectivity index (χ3n) is 4.33. The first-order valence-electron chi connectivity index (χ1n) is 8.36. The van der Waals surface area contributed by atoms with Crippen molar-refractivity contribution in [1.29, 1.82) is 0 Å². The van der Waals surface area contributed by atoms with Gasteiger partial charge in [-0.3, -0.25) is 4.90 Å². The minimum atomic E-state index is -3.81. The van der Waals surface area contributed by atoms with Gasteiger partial charge in [0.05, 0.1) is 4.90 Å². The summed E-state index contributed by atoms with van der Waals surface area (Å²) in [5, 5.41) is 0. The Morgan fingerprint density at radius 3 is 2.27 bits per heavy atom. The van der Waals surface area contributed by atoms with Gasteiger partial charge < -0.3 is 0 Å². The molecule has 2 aromatic carbocycles. The van der Waals surface area contributed by atoms with E-state index in [9.17, 15) is 17.2 Å². The van der Waals surface area contributed by atoms with Crippen molar-refractivity contribution >= 4 is 16.1 Å². The van der Waals surface area contributed by atoms with Gasteiger partial charge in [-0.1, -0.05) is 42.5 Å². The molecule has 1 aliphatic rings. The van der Waals surface area contributed by atoms with E-state index >= 15 is 0 Å². The molecule has 7 heteroatoms. The molecule has 0 aromatic heterocycles. The Bertz CT molecular complexity index is 878. The van der Waals surface area contributed by atoms with Gasteiger partial charge >= 0.3 is 0 Å². The van der Waals surface area contributed by atoms with Gasteiger partial charge in [0.2, 0.25) is 10.0 Å². The van der Waals surface area contributed by atoms with E-state index in [1.807, 2.05) is 36.4 Å². The standard InChI is InChI=1S/C19H20F2N2O2S/c20-18-9-8-17(15-19(18)21)26(24,25)23-13-11-22(12-14-23)10-4-7-16-5-2-1-3-6-16/h1-9,15H,10-14H2/b7-4+. The minimum absolute atomic E-state index is 0.214. The maximum Gasteiger partial charge on any atom is 0.243 e. The SMILES string of the molecule is O=S(=O)(c1ccc(F)c(F)c1)N1CCN(C/C=C/c2ccccc2)CC1. The predicted octanol–water partition coefficient (Wildman–Crippen LogP) is 2.98. The summed E-state index contributed by atoms with van der Waals surface area (Å²) in [6, 6.07) is 12.6. The van der Waals surface area contributed by atoms with Gasteiger partial charge in [-0.25, -0.2) is 17.2 Å². The van der Waals surface area contributed by atoms with Crippen molar-refractivity contribution in [3.8, 4) is 0 Å². The summed E-state index contributed by atoms with van der Waals surface area (Å²) in [6.45, 7) is 2.54. The van der Waals surface area contributed by atoms with Crippen LogP contribution in [0.1, 0.15) is 5.56 Å². The van der Waals surface area contributed by atoms with Crippen LogP contribution in [0.3, 0.4) is 0 Å². The lowest BCUT2D eigenvalue weighted by molar-refractivity contribution is 0.204. The van der Waals surface area contributed by atoms with E-state index < -0.39 is 21.7 Å². The first-order valence-corrected chi connectivity index (χ1v) is 9.80. The van der Waals surface area contributed by atoms with Crippen LogP contribution in [0.25, 0.3) is 6.08 Å². The zero-order valence-electron chi connectivity index (χ0n) is 14.2. The average Bonchev–Trinajstić information content (AvgIpc) is 2.65. The van der Waals surface area contributed by atoms with E-state index in [1.165, 1.54) is 4.31 Å². The highest BCUT2D eigenvalue weighted by Crippen LogP contribution is 2.20. The van der Waals surface area contributed by atoms with Crippen molar-refractivity contribution < 1.29 is 17.2 Å². The molecule has 26 heavy (non-hydrogen) atoms. The van der Waals surface area contributed by atoms with E-state index in [1.54, 1.807) is 0 Å². The molecule has 2 aromatic rings. The highest BCUT2D eigenvalue weighted by Gasteiger charge is 2.28. The number of halogens is 2. The summed E-state index contributed by atoms with van der Waals surface area (Å²) >= 11 is 0. The molecule has 4 nitrogen and oxygen atoms in total. The molecule has 0 atom stereocenters. The lowest BCUT2D eigenvalue weighted by Gasteiger charge is -2.33. The summed E-state index contributed by atoms with van der Waals surface area (Å²) in [7, 11) is -3.81. The number of benzene rings is 2. The van der Waals surface area contributed by atoms with E-state index in [2.05, 4.69) is 11.0 Å². The van der Waals surface area contributed by atoms with Crippen molar-refractivity contribution in [3.63, 3.8) is 0 Å². The summed E-state index contributed by atoms with van der Waals surface area (Å²) < 4.78 is 52.8. The fourth-order valence-corrected chi connectivity index (χ4v) is 4.28. The number of hydrogen-bond donors (Lipinski definition) is 0. The molecule has 0 aliphatic carbocycles. The van der Waals surface area contributed by atoms with E-state index in [-0.39, 0.29) is 4.90 Å². The third-order valence-corrected chi connectivity index (χ3v) is 6.23. The fourth-order valence-electron chi connectivity index (χ4n) is 2.84. The highest BCUT2D eigenvalue weighted by molar-refractivity contribution is 7.89. The van der Waals surface area contributed by atoms with Crippen molar-refractivity contribution in [2.24, 2.45) is 0 Å². The van der Waals surface area contributed by atoms with Gasteiger partial charge in [-0.15, -0.1) is 0 Å². The van der Waals surface area contributed by atoms with Gasteiger partial charge in [-0.05, 0) is 23.8 Å². The fraction of sp³-hybridized carbons (Fsp3) is 0.263. The second-order valence-corrected chi connectivity index (χ2v) is 8.03. The molecule has 0 N–H and O–H groups in total. The molecule has 0 spiro atoms. The summed E-state index contributed by atoms with van der Waals surface area (Å²) in [5.41, 5.74) is 1.12. The Balaban J connectivity index is 1.57. The molecule has 1 saturated heterocycles. The van der Waals surface area contributed by atoms with Gasteiger partial charge in [-0.2, -0.15) is 4.31 Å². The van der Waals surface area contributed by atoms with E-state index in [4.69, 9.17) is 0 Å². The van der Waals surface area contributed by atoms with Crippen molar-refractivity contribution in [1.82, 2.24) is 9.21 Å². The van der Waals surface area contributed by atoms with Crippen LogP contribution >= 0.6 is 0 Å². The topological polar surface area (TPSA) is 40.6 Å². The van der Waals surface area contributed by atoms with Crippen LogP contribution in [0, 0.1) is 11.6 Å². The maximum atomic E-state index is 13.3. The van der Waals surface area contributed by atoms with Crippen LogP contribution in [-0.4, -0.2) is 50.3 Å². The first-order chi connectivity index (χ1) is 12.5. The average molecular weight is 378 g/mol. The number of nitrogens with zero attached hydrogens (tertiary/aromatic N) is 2. The van der Waals surface area contributed by atoms with Crippen LogP contribution < -0.4 is 0 Å². The molecule has 3 rings (SSSR count). The normalized spacial score (nSPS) is 17.0. The molecular weight excluding hydrogens is 358 g/mol. The van der Waals surface area contributed by atoms with Crippen LogP contribution in [0.15, 0.2) is 59.5 Å². The summed E-state index contributed by atoms with van der Waals surface area (Å²) in [4.78, 5) is 1.94. The molecule has 0 saturated carbocycles. The molecule has 138 valence electrons. The Labute approximate surface area is 152 Å². The smallest absolute Gasteiger partial charge is 0.243 e. The zero-order valence-corrected chi connectivity index (χ0v) is 15.0. The highest BCUT2D eigenvalue weighted by atomic mass is 32.2. The Morgan fingerprint density at radius 2 is 1.62 bits per heavy atom. The zero-order chi connectivity index (χ0) is 18.6. The van der Waals surface area contributed by atoms with Gasteiger partial charge in [0.15, 0.2) is 11.6 Å². The maximum absolute atomic E-state index is 13.3. The Hall–Kier alpha value is -2.09. The van der Waals surface area contributed by atoms with E-state index in [0.29, 0.717) is 26.2 Å². The number of rotatable bonds is 5. The quantitative estimate of drug-likeness (QED) is 0.803. The monoisotopic (exact) mass is 378 g/mol. The largest absolute Gasteiger partial charge is 0.297 e. The number of sulfonamides is 1. The van der Waals surface area contributed by atoms with E-state index in [0.717, 1.165) is 30.3 Å². The van der Waals surface area contributed by atoms with Crippen molar-refractivity contribution in [2.75, 3.05) is 32.7 Å². The number of piperazine rings is 1. The summed E-state index contributed by atoms with van der Waals surface area (Å²) in [5.74, 6) is -2.21. The molecular formula is C19H20F2N2O2S. The molecule has 0 amide bonds. The predicted molar refractivity (Wildman–Crippen MR) is 97.0 cm³/mol. The van der Waals surface area contributed by atoms with Crippen LogP contribution in [0.2, 0.25) is 0 Å². The van der Waals surface area contributed by atoms with Crippen LogP contribution in [0.4, 0.5) is 8.78 Å². The number of hydrogen-bond acceptors (Lipinski definition) is 3. The third kappa shape index (κ3) is 4.35. The van der Waals surface area contributed by atoms with Gasteiger partial charge in [0.1, 0.15) is 0 Å². The first kappa shape index (κ1) is 18.7. The lowest BCUT2D eigenvalue weighted by atomic mass is 10.2. The molecule has 1 aliphatic heterocycles. The minimum Gasteiger partial charge on any atom is -0.297 e. The van der Waals surface area contributed by atoms with Crippen LogP contribution in [-0.2, 0) is 10.0 Å². The molecule has 1 heterocycles. The molecule has 0 bridgehead atoms. The molecule has 0 radical (unpaired) electrons. The van der Waals surface area contributed by atoms with Crippen molar-refractivity contribution in [3.05, 3.63) is 71.8 Å². The molecule has 0 unspecified atom stereocenters. The van der Waals surface area contributed by atoms with Gasteiger partial charge in [0.25, 0.3) is 0 Å². The van der Waals surface area contributed by atoms with Crippen LogP contribution in [0.5, 0.6) is 0 Å². The molecule has 1 fully saturated rings. The Morgan fingerprint density at radius 1 is 0.923 bits per heavy atom. The summed E-state index contributed by atoms with van der Waals surface area (Å²) in [6.07, 6.45) is 4.08. The second kappa shape index (κ2) is 8.07.